The van der Waals surface area contributed by atoms with Crippen molar-refractivity contribution in [1.29, 1.82) is 0 Å². The summed E-state index contributed by atoms with van der Waals surface area (Å²) < 4.78 is 29.0. The first kappa shape index (κ1) is 59.3. The van der Waals surface area contributed by atoms with E-state index in [4.69, 9.17) is 0 Å². The zero-order chi connectivity index (χ0) is 52.5. The molecule has 0 aliphatic rings. The molecule has 0 atom stereocenters. The Morgan fingerprint density at radius 3 is 1.51 bits per heavy atom. The maximum absolute atomic E-state index is 12.6. The van der Waals surface area contributed by atoms with E-state index in [1.165, 1.54) is 51.7 Å². The van der Waals surface area contributed by atoms with E-state index >= 15 is 0 Å². The first-order valence-corrected chi connectivity index (χ1v) is 25.0. The fraction of sp³-hybridized carbons (Fsp3) is 0.0968. The monoisotopic (exact) mass is 1200 g/mol. The number of fused-ring (bicyclic) bond motifs is 6. The normalized spacial score (nSPS) is 10.6. The molecule has 11 nitrogen and oxygen atoms in total. The Bertz CT molecular complexity index is 3510. The van der Waals surface area contributed by atoms with E-state index in [0.29, 0.717) is 11.3 Å². The van der Waals surface area contributed by atoms with E-state index in [0.717, 1.165) is 44.8 Å². The predicted octanol–water partition coefficient (Wildman–Crippen LogP) is 15.7. The third kappa shape index (κ3) is 15.7. The van der Waals surface area contributed by atoms with Crippen LogP contribution in [0.1, 0.15) is 27.7 Å². The largest absolute Gasteiger partial charge is 2.00 e. The molecule has 0 aliphatic carbocycles. The Balaban J connectivity index is 0.000000183. The van der Waals surface area contributed by atoms with Gasteiger partial charge in [0.1, 0.15) is 14.9 Å². The van der Waals surface area contributed by atoms with Crippen molar-refractivity contribution in [1.82, 2.24) is 19.9 Å². The van der Waals surface area contributed by atoms with Gasteiger partial charge < -0.3 is 32.8 Å². The quantitative estimate of drug-likeness (QED) is 0.0514. The molecule has 4 aromatic heterocycles. The maximum atomic E-state index is 12.6. The average molecular weight is 1210 g/mol. The number of pyridine rings is 4. The number of sulfonamides is 1. The molecular formula is C62H54N7O4Pd2S-3. The van der Waals surface area contributed by atoms with E-state index in [9.17, 15) is 18.5 Å². The van der Waals surface area contributed by atoms with Crippen molar-refractivity contribution >= 4 is 70.4 Å². The molecule has 14 heteroatoms. The van der Waals surface area contributed by atoms with Gasteiger partial charge in [-0.2, -0.15) is 13.8 Å². The summed E-state index contributed by atoms with van der Waals surface area (Å²) in [6.45, 7) is 12.4. The van der Waals surface area contributed by atoms with E-state index in [-0.39, 0.29) is 51.9 Å². The van der Waals surface area contributed by atoms with Gasteiger partial charge in [0.05, 0.1) is 16.3 Å². The fourth-order valence-corrected chi connectivity index (χ4v) is 8.39. The molecular weight excluding hydrogens is 1150 g/mol. The van der Waals surface area contributed by atoms with Crippen molar-refractivity contribution in [2.45, 2.75) is 32.6 Å². The summed E-state index contributed by atoms with van der Waals surface area (Å²) in [6.07, 6.45) is 7.04. The second-order valence-electron chi connectivity index (χ2n) is 17.5. The fourth-order valence-electron chi connectivity index (χ4n) is 7.21. The van der Waals surface area contributed by atoms with Crippen LogP contribution >= 0.6 is 0 Å². The Morgan fingerprint density at radius 2 is 1.01 bits per heavy atom. The number of nitrogens with zero attached hydrogens (tertiary/aromatic N) is 6. The van der Waals surface area contributed by atoms with Crippen LogP contribution in [-0.2, 0) is 50.9 Å². The van der Waals surface area contributed by atoms with Crippen molar-refractivity contribution in [3.05, 3.63) is 259 Å². The first-order chi connectivity index (χ1) is 35.7. The van der Waals surface area contributed by atoms with Crippen LogP contribution < -0.4 is 5.32 Å². The van der Waals surface area contributed by atoms with Gasteiger partial charge in [-0.15, -0.1) is 89.6 Å². The van der Waals surface area contributed by atoms with Crippen molar-refractivity contribution < 1.29 is 54.2 Å². The molecule has 0 amide bonds. The van der Waals surface area contributed by atoms with Crippen LogP contribution in [0.5, 0.6) is 0 Å². The number of rotatable bonds is 8. The number of nitro groups is 1. The molecule has 0 spiro atoms. The van der Waals surface area contributed by atoms with Gasteiger partial charge in [0.2, 0.25) is 0 Å². The number of anilines is 1. The number of nitro benzene ring substituents is 1. The van der Waals surface area contributed by atoms with Crippen molar-refractivity contribution in [2.24, 2.45) is 5.41 Å². The van der Waals surface area contributed by atoms with Crippen LogP contribution in [0.15, 0.2) is 224 Å². The summed E-state index contributed by atoms with van der Waals surface area (Å²) in [5.41, 5.74) is 6.20. The molecule has 76 heavy (non-hydrogen) atoms. The second kappa shape index (κ2) is 28.4. The zero-order valence-corrected chi connectivity index (χ0v) is 46.3. The molecule has 0 saturated heterocycles. The van der Waals surface area contributed by atoms with Crippen molar-refractivity contribution in [2.75, 3.05) is 12.4 Å². The van der Waals surface area contributed by atoms with Crippen LogP contribution in [0.3, 0.4) is 0 Å². The molecule has 0 fully saturated rings. The molecule has 0 aliphatic heterocycles. The SMILES string of the molecule is CNc1ccccc1-c1ccccn1.O=[N+]([O-])c1ccccc1S(=O)(=O)[N-]c1ccccc1-c1ccccn1.[CH2-]C(C)(C)[C-](C)C.[Pd+2].[Pd].[c-]1cccc2ccc3cccnc3c12.[c-]1cccc2ccc3cccnc3c12. The van der Waals surface area contributed by atoms with Gasteiger partial charge in [0.15, 0.2) is 0 Å². The van der Waals surface area contributed by atoms with Gasteiger partial charge in [-0.3, -0.25) is 25.5 Å². The summed E-state index contributed by atoms with van der Waals surface area (Å²) in [5.74, 6) is 1.38. The molecule has 4 heterocycles. The van der Waals surface area contributed by atoms with E-state index in [1.54, 1.807) is 42.6 Å². The van der Waals surface area contributed by atoms with Gasteiger partial charge in [-0.1, -0.05) is 103 Å². The van der Waals surface area contributed by atoms with Crippen molar-refractivity contribution in [3.8, 4) is 22.5 Å². The Kier molecular flexibility index (Phi) is 22.2. The summed E-state index contributed by atoms with van der Waals surface area (Å²) in [5, 5.41) is 21.2. The summed E-state index contributed by atoms with van der Waals surface area (Å²) >= 11 is 0. The molecule has 0 saturated carbocycles. The number of nitrogens with one attached hydrogen (secondary N) is 1. The van der Waals surface area contributed by atoms with Gasteiger partial charge in [0.25, 0.3) is 5.69 Å². The minimum Gasteiger partial charge on any atom is -0.572 e. The topological polar surface area (TPSA) is 155 Å². The molecule has 11 aromatic rings. The minimum atomic E-state index is -4.26. The number of para-hydroxylation sites is 2. The first-order valence-electron chi connectivity index (χ1n) is 23.6. The molecule has 0 unspecified atom stereocenters. The molecule has 7 aromatic carbocycles. The number of hydrogen-bond acceptors (Lipinski definition) is 9. The van der Waals surface area contributed by atoms with Gasteiger partial charge in [0, 0.05) is 69.6 Å². The number of aromatic nitrogens is 4. The standard InChI is InChI=1S/C17H12N3O4S.2C13H8N.C12H12N2.C7H14.2Pd/c21-20(22)16-10-3-4-11-17(16)25(23,24)19-15-9-2-1-7-13(15)14-8-5-6-12-18-14;2*1-2-6-12-10(4-1)7-8-11-5-3-9-14-13(11)12;1-13-11-7-3-2-6-10(11)12-8-4-5-9-14-12;1-6(2)7(3,4)5;;/h1-12H;2*1-5,7-9H;2-9,13H,1H3;3H2,1-2,4-5H3;;/q3*-1;;-2;;+2. The van der Waals surface area contributed by atoms with Crippen molar-refractivity contribution in [3.63, 3.8) is 0 Å². The van der Waals surface area contributed by atoms with Crippen LogP contribution in [0.2, 0.25) is 0 Å². The Labute approximate surface area is 472 Å². The zero-order valence-electron chi connectivity index (χ0n) is 42.3. The van der Waals surface area contributed by atoms with Crippen LogP contribution in [0, 0.1) is 40.5 Å². The Morgan fingerprint density at radius 1 is 0.579 bits per heavy atom. The summed E-state index contributed by atoms with van der Waals surface area (Å²) in [4.78, 5) is 27.2. The molecule has 11 rings (SSSR count). The van der Waals surface area contributed by atoms with Gasteiger partial charge in [-0.05, 0) is 75.9 Å². The summed E-state index contributed by atoms with van der Waals surface area (Å²) in [7, 11) is -2.35. The number of benzene rings is 7. The smallest absolute Gasteiger partial charge is 0.572 e. The van der Waals surface area contributed by atoms with E-state index in [1.807, 2.05) is 98.4 Å². The van der Waals surface area contributed by atoms with Gasteiger partial charge in [-0.25, -0.2) is 8.42 Å². The minimum absolute atomic E-state index is 0. The summed E-state index contributed by atoms with van der Waals surface area (Å²) in [6, 6.07) is 66.0. The predicted molar refractivity (Wildman–Crippen MR) is 302 cm³/mol. The average Bonchev–Trinajstić information content (AvgIpc) is 3.44. The van der Waals surface area contributed by atoms with Gasteiger partial charge >= 0.3 is 20.4 Å². The van der Waals surface area contributed by atoms with Crippen LogP contribution in [0.25, 0.3) is 70.6 Å². The molecule has 390 valence electrons. The Hall–Kier alpha value is -7.55. The second-order valence-corrected chi connectivity index (χ2v) is 19.0. The maximum Gasteiger partial charge on any atom is 2.00 e. The number of hydrogen-bond donors (Lipinski definition) is 1. The molecule has 1 N–H and O–H groups in total. The van der Waals surface area contributed by atoms with Crippen LogP contribution in [0.4, 0.5) is 17.1 Å². The molecule has 0 radical (unpaired) electrons. The van der Waals surface area contributed by atoms with E-state index < -0.39 is 25.5 Å². The third-order valence-electron chi connectivity index (χ3n) is 11.7. The third-order valence-corrected chi connectivity index (χ3v) is 13.0. The van der Waals surface area contributed by atoms with Crippen LogP contribution in [-0.4, -0.2) is 40.3 Å². The van der Waals surface area contributed by atoms with E-state index in [2.05, 4.69) is 131 Å². The molecule has 0 bridgehead atoms.